The molecule has 0 saturated heterocycles. The Bertz CT molecular complexity index is 344. The molecule has 0 aromatic heterocycles. The summed E-state index contributed by atoms with van der Waals surface area (Å²) in [5.41, 5.74) is 6.31. The standard InChI is InChI=1S/C13H22N2O3/c1-16-10-8-11(17-2)13(12(9-10)18-3)15-7-5-4-6-14/h8-9,15H,4-7,14H2,1-3H3. The van der Waals surface area contributed by atoms with Gasteiger partial charge in [-0.15, -0.1) is 0 Å². The zero-order valence-electron chi connectivity index (χ0n) is 11.3. The number of methoxy groups -OCH3 is 3. The second-order valence-electron chi connectivity index (χ2n) is 3.83. The number of anilines is 1. The monoisotopic (exact) mass is 254 g/mol. The Balaban J connectivity index is 2.85. The first-order valence-electron chi connectivity index (χ1n) is 6.00. The minimum Gasteiger partial charge on any atom is -0.496 e. The summed E-state index contributed by atoms with van der Waals surface area (Å²) in [5.74, 6) is 2.12. The predicted molar refractivity (Wildman–Crippen MR) is 72.9 cm³/mol. The lowest BCUT2D eigenvalue weighted by Gasteiger charge is -2.16. The van der Waals surface area contributed by atoms with Crippen molar-refractivity contribution in [2.24, 2.45) is 5.73 Å². The van der Waals surface area contributed by atoms with E-state index in [1.807, 2.05) is 12.1 Å². The van der Waals surface area contributed by atoms with Crippen LogP contribution in [-0.4, -0.2) is 34.4 Å². The smallest absolute Gasteiger partial charge is 0.149 e. The Morgan fingerprint density at radius 1 is 1.00 bits per heavy atom. The summed E-state index contributed by atoms with van der Waals surface area (Å²) in [6, 6.07) is 3.65. The van der Waals surface area contributed by atoms with Gasteiger partial charge in [0.1, 0.15) is 22.9 Å². The summed E-state index contributed by atoms with van der Waals surface area (Å²) in [4.78, 5) is 0. The van der Waals surface area contributed by atoms with Crippen molar-refractivity contribution in [1.29, 1.82) is 0 Å². The van der Waals surface area contributed by atoms with E-state index < -0.39 is 0 Å². The first-order chi connectivity index (χ1) is 8.76. The van der Waals surface area contributed by atoms with E-state index in [0.717, 1.165) is 25.1 Å². The van der Waals surface area contributed by atoms with Crippen molar-refractivity contribution in [3.05, 3.63) is 12.1 Å². The van der Waals surface area contributed by atoms with Crippen LogP contribution in [0.5, 0.6) is 17.2 Å². The van der Waals surface area contributed by atoms with Crippen LogP contribution in [0, 0.1) is 0 Å². The summed E-state index contributed by atoms with van der Waals surface area (Å²) < 4.78 is 15.9. The van der Waals surface area contributed by atoms with Crippen molar-refractivity contribution in [2.45, 2.75) is 12.8 Å². The van der Waals surface area contributed by atoms with Crippen LogP contribution in [0.25, 0.3) is 0 Å². The number of hydrogen-bond donors (Lipinski definition) is 2. The van der Waals surface area contributed by atoms with Crippen LogP contribution >= 0.6 is 0 Å². The fraction of sp³-hybridized carbons (Fsp3) is 0.538. The van der Waals surface area contributed by atoms with Gasteiger partial charge in [0, 0.05) is 18.7 Å². The Morgan fingerprint density at radius 2 is 1.61 bits per heavy atom. The van der Waals surface area contributed by atoms with E-state index in [4.69, 9.17) is 19.9 Å². The molecule has 0 bridgehead atoms. The molecule has 0 unspecified atom stereocenters. The van der Waals surface area contributed by atoms with E-state index in [2.05, 4.69) is 5.32 Å². The average Bonchev–Trinajstić information content (AvgIpc) is 2.42. The Hall–Kier alpha value is -1.62. The Labute approximate surface area is 108 Å². The quantitative estimate of drug-likeness (QED) is 0.693. The minimum absolute atomic E-state index is 0.705. The van der Waals surface area contributed by atoms with Gasteiger partial charge in [-0.05, 0) is 19.4 Å². The highest BCUT2D eigenvalue weighted by Crippen LogP contribution is 2.38. The molecule has 1 aromatic rings. The van der Waals surface area contributed by atoms with Crippen LogP contribution in [0.15, 0.2) is 12.1 Å². The zero-order valence-corrected chi connectivity index (χ0v) is 11.3. The first kappa shape index (κ1) is 14.4. The molecule has 0 aliphatic carbocycles. The molecule has 0 fully saturated rings. The second-order valence-corrected chi connectivity index (χ2v) is 3.83. The van der Waals surface area contributed by atoms with Crippen molar-refractivity contribution in [2.75, 3.05) is 39.7 Å². The summed E-state index contributed by atoms with van der Waals surface area (Å²) in [5, 5.41) is 3.31. The highest BCUT2D eigenvalue weighted by Gasteiger charge is 2.12. The molecule has 1 aromatic carbocycles. The molecule has 0 aliphatic rings. The number of nitrogens with one attached hydrogen (secondary N) is 1. The predicted octanol–water partition coefficient (Wildman–Crippen LogP) is 1.86. The van der Waals surface area contributed by atoms with Crippen LogP contribution in [0.2, 0.25) is 0 Å². The van der Waals surface area contributed by atoms with Gasteiger partial charge in [0.2, 0.25) is 0 Å². The molecule has 0 amide bonds. The second kappa shape index (κ2) is 7.66. The molecule has 5 nitrogen and oxygen atoms in total. The molecule has 0 atom stereocenters. The maximum atomic E-state index is 5.46. The van der Waals surface area contributed by atoms with Crippen LogP contribution < -0.4 is 25.3 Å². The normalized spacial score (nSPS) is 10.0. The molecule has 0 radical (unpaired) electrons. The van der Waals surface area contributed by atoms with Crippen LogP contribution in [0.1, 0.15) is 12.8 Å². The molecule has 0 heterocycles. The first-order valence-corrected chi connectivity index (χ1v) is 6.00. The van der Waals surface area contributed by atoms with E-state index in [1.54, 1.807) is 21.3 Å². The van der Waals surface area contributed by atoms with Crippen molar-refractivity contribution in [3.63, 3.8) is 0 Å². The third-order valence-corrected chi connectivity index (χ3v) is 2.65. The lowest BCUT2D eigenvalue weighted by molar-refractivity contribution is 0.377. The van der Waals surface area contributed by atoms with Gasteiger partial charge in [0.15, 0.2) is 0 Å². The maximum Gasteiger partial charge on any atom is 0.149 e. The SMILES string of the molecule is COc1cc(OC)c(NCCCCN)c(OC)c1. The molecule has 0 saturated carbocycles. The number of ether oxygens (including phenoxy) is 3. The molecule has 1 rings (SSSR count). The van der Waals surface area contributed by atoms with E-state index in [1.165, 1.54) is 0 Å². The molecule has 0 aliphatic heterocycles. The number of benzene rings is 1. The Kier molecular flexibility index (Phi) is 6.14. The molecule has 0 spiro atoms. The van der Waals surface area contributed by atoms with Crippen molar-refractivity contribution in [3.8, 4) is 17.2 Å². The number of unbranched alkanes of at least 4 members (excludes halogenated alkanes) is 1. The highest BCUT2D eigenvalue weighted by molar-refractivity contribution is 5.68. The molecule has 102 valence electrons. The lowest BCUT2D eigenvalue weighted by Crippen LogP contribution is -2.08. The summed E-state index contributed by atoms with van der Waals surface area (Å²) in [6.07, 6.45) is 2.00. The average molecular weight is 254 g/mol. The largest absolute Gasteiger partial charge is 0.496 e. The third-order valence-electron chi connectivity index (χ3n) is 2.65. The van der Waals surface area contributed by atoms with Gasteiger partial charge in [0.05, 0.1) is 21.3 Å². The highest BCUT2D eigenvalue weighted by atomic mass is 16.5. The van der Waals surface area contributed by atoms with Gasteiger partial charge in [0.25, 0.3) is 0 Å². The number of nitrogens with two attached hydrogens (primary N) is 1. The summed E-state index contributed by atoms with van der Waals surface area (Å²) >= 11 is 0. The van der Waals surface area contributed by atoms with E-state index in [-0.39, 0.29) is 0 Å². The summed E-state index contributed by atoms with van der Waals surface area (Å²) in [7, 11) is 4.86. The van der Waals surface area contributed by atoms with E-state index >= 15 is 0 Å². The van der Waals surface area contributed by atoms with Gasteiger partial charge < -0.3 is 25.3 Å². The van der Waals surface area contributed by atoms with Crippen molar-refractivity contribution < 1.29 is 14.2 Å². The van der Waals surface area contributed by atoms with Gasteiger partial charge in [-0.1, -0.05) is 0 Å². The third kappa shape index (κ3) is 3.70. The number of hydrogen-bond acceptors (Lipinski definition) is 5. The van der Waals surface area contributed by atoms with Crippen molar-refractivity contribution >= 4 is 5.69 Å². The number of rotatable bonds is 8. The fourth-order valence-electron chi connectivity index (χ4n) is 1.66. The molecular weight excluding hydrogens is 232 g/mol. The summed E-state index contributed by atoms with van der Waals surface area (Å²) in [6.45, 7) is 1.54. The van der Waals surface area contributed by atoms with Crippen LogP contribution in [0.4, 0.5) is 5.69 Å². The van der Waals surface area contributed by atoms with E-state index in [9.17, 15) is 0 Å². The molecule has 3 N–H and O–H groups in total. The van der Waals surface area contributed by atoms with E-state index in [0.29, 0.717) is 23.8 Å². The lowest BCUT2D eigenvalue weighted by atomic mass is 10.2. The molecular formula is C13H22N2O3. The van der Waals surface area contributed by atoms with Gasteiger partial charge in [-0.2, -0.15) is 0 Å². The van der Waals surface area contributed by atoms with Gasteiger partial charge >= 0.3 is 0 Å². The van der Waals surface area contributed by atoms with Gasteiger partial charge in [-0.25, -0.2) is 0 Å². The van der Waals surface area contributed by atoms with Crippen molar-refractivity contribution in [1.82, 2.24) is 0 Å². The maximum absolute atomic E-state index is 5.46. The Morgan fingerprint density at radius 3 is 2.06 bits per heavy atom. The molecule has 18 heavy (non-hydrogen) atoms. The fourth-order valence-corrected chi connectivity index (χ4v) is 1.66. The van der Waals surface area contributed by atoms with Crippen LogP contribution in [0.3, 0.4) is 0 Å². The topological polar surface area (TPSA) is 65.7 Å². The molecule has 5 heteroatoms. The zero-order chi connectivity index (χ0) is 13.4. The minimum atomic E-state index is 0.705. The van der Waals surface area contributed by atoms with Crippen LogP contribution in [-0.2, 0) is 0 Å². The van der Waals surface area contributed by atoms with Gasteiger partial charge in [-0.3, -0.25) is 0 Å².